The van der Waals surface area contributed by atoms with Crippen molar-refractivity contribution in [3.63, 3.8) is 0 Å². The van der Waals surface area contributed by atoms with Gasteiger partial charge in [0.05, 0.1) is 26.3 Å². The molecule has 0 unspecified atom stereocenters. The number of rotatable bonds is 6. The Bertz CT molecular complexity index is 638. The van der Waals surface area contributed by atoms with Crippen molar-refractivity contribution < 1.29 is 27.1 Å². The molecule has 4 nitrogen and oxygen atoms in total. The summed E-state index contributed by atoms with van der Waals surface area (Å²) >= 11 is 0. The number of furan rings is 1. The van der Waals surface area contributed by atoms with Crippen molar-refractivity contribution in [3.8, 4) is 5.75 Å². The minimum Gasteiger partial charge on any atom is -0.497 e. The molecule has 0 atom stereocenters. The minimum atomic E-state index is -4.48. The predicted molar refractivity (Wildman–Crippen MR) is 76.9 cm³/mol. The van der Waals surface area contributed by atoms with Crippen molar-refractivity contribution in [2.75, 3.05) is 13.7 Å². The quantitative estimate of drug-likeness (QED) is 0.816. The molecule has 1 aromatic carbocycles. The van der Waals surface area contributed by atoms with Crippen molar-refractivity contribution in [2.45, 2.75) is 19.1 Å². The first-order valence-electron chi connectivity index (χ1n) is 6.87. The maximum absolute atomic E-state index is 12.7. The van der Waals surface area contributed by atoms with E-state index in [2.05, 4.69) is 0 Å². The molecule has 23 heavy (non-hydrogen) atoms. The number of nitrogens with zero attached hydrogens (tertiary/aromatic N) is 1. The molecule has 0 N–H and O–H groups in total. The van der Waals surface area contributed by atoms with Crippen molar-refractivity contribution >= 4 is 5.91 Å². The Morgan fingerprint density at radius 1 is 1.26 bits per heavy atom. The third kappa shape index (κ3) is 5.36. The average Bonchev–Trinajstić information content (AvgIpc) is 2.98. The van der Waals surface area contributed by atoms with Gasteiger partial charge in [-0.15, -0.1) is 0 Å². The van der Waals surface area contributed by atoms with E-state index in [0.29, 0.717) is 17.1 Å². The van der Waals surface area contributed by atoms with Gasteiger partial charge in [-0.3, -0.25) is 4.79 Å². The number of hydrogen-bond acceptors (Lipinski definition) is 3. The topological polar surface area (TPSA) is 42.7 Å². The Labute approximate surface area is 131 Å². The van der Waals surface area contributed by atoms with Gasteiger partial charge in [-0.25, -0.2) is 0 Å². The van der Waals surface area contributed by atoms with E-state index >= 15 is 0 Å². The fourth-order valence-corrected chi connectivity index (χ4v) is 2.11. The second-order valence-electron chi connectivity index (χ2n) is 4.97. The lowest BCUT2D eigenvalue weighted by Gasteiger charge is -2.23. The van der Waals surface area contributed by atoms with Crippen LogP contribution in [-0.4, -0.2) is 30.6 Å². The molecule has 2 rings (SSSR count). The fraction of sp³-hybridized carbons (Fsp3) is 0.312. The number of benzene rings is 1. The molecule has 2 aromatic rings. The van der Waals surface area contributed by atoms with Gasteiger partial charge in [0.15, 0.2) is 0 Å². The Morgan fingerprint density at radius 2 is 2.04 bits per heavy atom. The predicted octanol–water partition coefficient (Wildman–Crippen LogP) is 3.42. The monoisotopic (exact) mass is 327 g/mol. The number of hydrogen-bond donors (Lipinski definition) is 0. The van der Waals surface area contributed by atoms with E-state index in [0.717, 1.165) is 4.90 Å². The Balaban J connectivity index is 2.11. The lowest BCUT2D eigenvalue weighted by atomic mass is 10.1. The Hall–Kier alpha value is -2.44. The van der Waals surface area contributed by atoms with Crippen LogP contribution in [0.4, 0.5) is 13.2 Å². The van der Waals surface area contributed by atoms with Crippen LogP contribution in [0.1, 0.15) is 11.3 Å². The van der Waals surface area contributed by atoms with Crippen LogP contribution in [0.3, 0.4) is 0 Å². The third-order valence-electron chi connectivity index (χ3n) is 3.14. The number of carbonyl (C=O) groups is 1. The molecule has 0 bridgehead atoms. The lowest BCUT2D eigenvalue weighted by molar-refractivity contribution is -0.162. The first-order chi connectivity index (χ1) is 10.9. The standard InChI is InChI=1S/C16H16F3NO3/c1-22-13-5-2-4-12(8-13)9-15(21)20(11-16(17,18)19)10-14-6-3-7-23-14/h2-8H,9-11H2,1H3. The molecule has 0 aliphatic carbocycles. The van der Waals surface area contributed by atoms with Gasteiger partial charge in [-0.05, 0) is 29.8 Å². The first-order valence-corrected chi connectivity index (χ1v) is 6.87. The number of halogens is 3. The number of ether oxygens (including phenoxy) is 1. The molecule has 1 amide bonds. The molecule has 0 fully saturated rings. The van der Waals surface area contributed by atoms with Crippen LogP contribution in [0, 0.1) is 0 Å². The van der Waals surface area contributed by atoms with E-state index in [-0.39, 0.29) is 13.0 Å². The van der Waals surface area contributed by atoms with Crippen LogP contribution in [0.25, 0.3) is 0 Å². The van der Waals surface area contributed by atoms with Crippen LogP contribution in [0.2, 0.25) is 0 Å². The fourth-order valence-electron chi connectivity index (χ4n) is 2.11. The van der Waals surface area contributed by atoms with E-state index in [9.17, 15) is 18.0 Å². The Morgan fingerprint density at radius 3 is 2.65 bits per heavy atom. The zero-order chi connectivity index (χ0) is 16.9. The highest BCUT2D eigenvalue weighted by atomic mass is 19.4. The smallest absolute Gasteiger partial charge is 0.406 e. The van der Waals surface area contributed by atoms with Gasteiger partial charge in [0.25, 0.3) is 0 Å². The summed E-state index contributed by atoms with van der Waals surface area (Å²) in [6.45, 7) is -1.55. The minimum absolute atomic E-state index is 0.145. The molecule has 1 aromatic heterocycles. The molecular formula is C16H16F3NO3. The molecule has 0 saturated carbocycles. The third-order valence-corrected chi connectivity index (χ3v) is 3.14. The van der Waals surface area contributed by atoms with Gasteiger partial charge in [-0.2, -0.15) is 13.2 Å². The highest BCUT2D eigenvalue weighted by Gasteiger charge is 2.33. The number of amides is 1. The average molecular weight is 327 g/mol. The first kappa shape index (κ1) is 16.9. The molecule has 1 heterocycles. The zero-order valence-corrected chi connectivity index (χ0v) is 12.5. The normalized spacial score (nSPS) is 11.3. The molecule has 0 spiro atoms. The molecule has 0 saturated heterocycles. The summed E-state index contributed by atoms with van der Waals surface area (Å²) < 4.78 is 48.2. The molecule has 0 aliphatic rings. The summed E-state index contributed by atoms with van der Waals surface area (Å²) in [7, 11) is 1.48. The molecule has 0 radical (unpaired) electrons. The van der Waals surface area contributed by atoms with E-state index in [1.54, 1.807) is 30.3 Å². The largest absolute Gasteiger partial charge is 0.497 e. The zero-order valence-electron chi connectivity index (χ0n) is 12.5. The van der Waals surface area contributed by atoms with Gasteiger partial charge in [0.2, 0.25) is 5.91 Å². The van der Waals surface area contributed by atoms with E-state index < -0.39 is 18.6 Å². The summed E-state index contributed by atoms with van der Waals surface area (Å²) in [4.78, 5) is 13.0. The molecular weight excluding hydrogens is 311 g/mol. The van der Waals surface area contributed by atoms with Crippen LogP contribution in [0.5, 0.6) is 5.75 Å². The summed E-state index contributed by atoms with van der Waals surface area (Å²) in [6.07, 6.45) is -3.27. The second-order valence-corrected chi connectivity index (χ2v) is 4.97. The van der Waals surface area contributed by atoms with Gasteiger partial charge in [0.1, 0.15) is 18.1 Å². The van der Waals surface area contributed by atoms with Gasteiger partial charge < -0.3 is 14.1 Å². The van der Waals surface area contributed by atoms with Gasteiger partial charge in [-0.1, -0.05) is 12.1 Å². The van der Waals surface area contributed by atoms with Crippen molar-refractivity contribution in [1.29, 1.82) is 0 Å². The maximum atomic E-state index is 12.7. The summed E-state index contributed by atoms with van der Waals surface area (Å²) in [5.41, 5.74) is 0.584. The summed E-state index contributed by atoms with van der Waals surface area (Å²) in [5, 5.41) is 0. The molecule has 7 heteroatoms. The summed E-state index contributed by atoms with van der Waals surface area (Å²) in [6, 6.07) is 9.76. The van der Waals surface area contributed by atoms with Crippen molar-refractivity contribution in [2.24, 2.45) is 0 Å². The Kier molecular flexibility index (Phi) is 5.31. The van der Waals surface area contributed by atoms with Crippen LogP contribution in [0.15, 0.2) is 47.1 Å². The number of methoxy groups -OCH3 is 1. The highest BCUT2D eigenvalue weighted by Crippen LogP contribution is 2.20. The van der Waals surface area contributed by atoms with Gasteiger partial charge >= 0.3 is 6.18 Å². The summed E-state index contributed by atoms with van der Waals surface area (Å²) in [5.74, 6) is 0.212. The second kappa shape index (κ2) is 7.21. The lowest BCUT2D eigenvalue weighted by Crippen LogP contribution is -2.39. The van der Waals surface area contributed by atoms with E-state index in [1.807, 2.05) is 0 Å². The number of carbonyl (C=O) groups excluding carboxylic acids is 1. The van der Waals surface area contributed by atoms with Crippen molar-refractivity contribution in [3.05, 3.63) is 54.0 Å². The van der Waals surface area contributed by atoms with Crippen molar-refractivity contribution in [1.82, 2.24) is 4.90 Å². The SMILES string of the molecule is COc1cccc(CC(=O)N(Cc2ccco2)CC(F)(F)F)c1. The van der Waals surface area contributed by atoms with Gasteiger partial charge in [0, 0.05) is 0 Å². The van der Waals surface area contributed by atoms with Crippen LogP contribution in [-0.2, 0) is 17.8 Å². The van der Waals surface area contributed by atoms with Crippen LogP contribution < -0.4 is 4.74 Å². The van der Waals surface area contributed by atoms with E-state index in [4.69, 9.17) is 9.15 Å². The number of alkyl halides is 3. The molecule has 0 aliphatic heterocycles. The highest BCUT2D eigenvalue weighted by molar-refractivity contribution is 5.79. The maximum Gasteiger partial charge on any atom is 0.406 e. The van der Waals surface area contributed by atoms with E-state index in [1.165, 1.54) is 19.4 Å². The van der Waals surface area contributed by atoms with Crippen LogP contribution >= 0.6 is 0 Å². The molecule has 124 valence electrons.